The van der Waals surface area contributed by atoms with E-state index in [0.717, 1.165) is 22.5 Å². The first kappa shape index (κ1) is 19.8. The first-order valence-corrected chi connectivity index (χ1v) is 11.5. The summed E-state index contributed by atoms with van der Waals surface area (Å²) in [6, 6.07) is 9.66. The molecule has 4 rings (SSSR count). The summed E-state index contributed by atoms with van der Waals surface area (Å²) < 4.78 is 31.0. The van der Waals surface area contributed by atoms with Crippen molar-refractivity contribution in [3.63, 3.8) is 0 Å². The predicted molar refractivity (Wildman–Crippen MR) is 109 cm³/mol. The van der Waals surface area contributed by atoms with Crippen LogP contribution in [0.5, 0.6) is 0 Å². The molecule has 1 fully saturated rings. The fourth-order valence-electron chi connectivity index (χ4n) is 3.83. The molecule has 0 unspecified atom stereocenters. The first-order chi connectivity index (χ1) is 13.8. The van der Waals surface area contributed by atoms with Crippen molar-refractivity contribution >= 4 is 9.84 Å². The highest BCUT2D eigenvalue weighted by Gasteiger charge is 2.31. The van der Waals surface area contributed by atoms with Crippen LogP contribution < -0.4 is 0 Å². The van der Waals surface area contributed by atoms with Crippen LogP contribution in [-0.2, 0) is 22.9 Å². The predicted octanol–water partition coefficient (Wildman–Crippen LogP) is 2.54. The maximum absolute atomic E-state index is 11.8. The molecule has 3 aromatic rings. The molecule has 0 aliphatic carbocycles. The molecule has 2 aromatic heterocycles. The zero-order valence-electron chi connectivity index (χ0n) is 16.9. The lowest BCUT2D eigenvalue weighted by molar-refractivity contribution is 0.260. The van der Waals surface area contributed by atoms with Crippen LogP contribution in [0.2, 0.25) is 0 Å². The van der Waals surface area contributed by atoms with Crippen molar-refractivity contribution in [1.29, 1.82) is 0 Å². The number of aromatic nitrogens is 4. The van der Waals surface area contributed by atoms with E-state index < -0.39 is 9.84 Å². The molecule has 1 aromatic carbocycles. The van der Waals surface area contributed by atoms with Crippen LogP contribution in [0.4, 0.5) is 0 Å². The van der Waals surface area contributed by atoms with Crippen molar-refractivity contribution in [2.24, 2.45) is 0 Å². The van der Waals surface area contributed by atoms with E-state index in [1.54, 1.807) is 0 Å². The Morgan fingerprint density at radius 2 is 1.97 bits per heavy atom. The van der Waals surface area contributed by atoms with Gasteiger partial charge >= 0.3 is 0 Å². The largest absolute Gasteiger partial charge is 0.338 e. The Labute approximate surface area is 170 Å². The van der Waals surface area contributed by atoms with Gasteiger partial charge in [-0.05, 0) is 27.3 Å². The lowest BCUT2D eigenvalue weighted by Crippen LogP contribution is -2.19. The second kappa shape index (κ2) is 7.72. The van der Waals surface area contributed by atoms with Gasteiger partial charge in [0.2, 0.25) is 11.7 Å². The molecule has 1 aliphatic heterocycles. The van der Waals surface area contributed by atoms with E-state index in [9.17, 15) is 8.42 Å². The lowest BCUT2D eigenvalue weighted by atomic mass is 10.1. The Kier molecular flexibility index (Phi) is 5.26. The molecule has 29 heavy (non-hydrogen) atoms. The van der Waals surface area contributed by atoms with Crippen molar-refractivity contribution in [3.8, 4) is 11.4 Å². The van der Waals surface area contributed by atoms with E-state index in [4.69, 9.17) is 4.52 Å². The third-order valence-electron chi connectivity index (χ3n) is 5.36. The van der Waals surface area contributed by atoms with E-state index in [2.05, 4.69) is 20.1 Å². The van der Waals surface area contributed by atoms with E-state index in [-0.39, 0.29) is 17.5 Å². The van der Waals surface area contributed by atoms with Crippen LogP contribution in [0.25, 0.3) is 11.4 Å². The lowest BCUT2D eigenvalue weighted by Gasteiger charge is -2.15. The summed E-state index contributed by atoms with van der Waals surface area (Å²) in [4.78, 5) is 6.58. The van der Waals surface area contributed by atoms with Crippen molar-refractivity contribution in [2.75, 3.05) is 18.6 Å². The first-order valence-electron chi connectivity index (χ1n) is 9.64. The van der Waals surface area contributed by atoms with Crippen molar-refractivity contribution in [3.05, 3.63) is 53.2 Å². The monoisotopic (exact) mass is 415 g/mol. The second-order valence-electron chi connectivity index (χ2n) is 7.70. The molecule has 0 amide bonds. The summed E-state index contributed by atoms with van der Waals surface area (Å²) in [5.41, 5.74) is 3.98. The molecular weight excluding hydrogens is 390 g/mol. The molecule has 0 bridgehead atoms. The minimum atomic E-state index is -2.95. The fraction of sp³-hybridized carbons (Fsp3) is 0.450. The van der Waals surface area contributed by atoms with E-state index in [1.807, 2.05) is 55.9 Å². The number of sulfone groups is 1. The summed E-state index contributed by atoms with van der Waals surface area (Å²) in [6.07, 6.45) is 0.629. The van der Waals surface area contributed by atoms with Crippen molar-refractivity contribution < 1.29 is 12.9 Å². The van der Waals surface area contributed by atoms with Gasteiger partial charge in [-0.3, -0.25) is 9.58 Å². The van der Waals surface area contributed by atoms with Gasteiger partial charge < -0.3 is 4.52 Å². The SMILES string of the molecule is Cc1nn([C@H]2CCS(=O)(=O)C2)c(C)c1CN(C)Cc1nc(-c2ccccc2)no1. The van der Waals surface area contributed by atoms with Gasteiger partial charge in [-0.1, -0.05) is 35.5 Å². The normalized spacial score (nSPS) is 18.6. The van der Waals surface area contributed by atoms with Gasteiger partial charge in [0, 0.05) is 23.4 Å². The average molecular weight is 416 g/mol. The molecule has 9 heteroatoms. The molecule has 154 valence electrons. The molecule has 3 heterocycles. The quantitative estimate of drug-likeness (QED) is 0.611. The number of aryl methyl sites for hydroxylation is 1. The van der Waals surface area contributed by atoms with Gasteiger partial charge in [-0.25, -0.2) is 8.42 Å². The van der Waals surface area contributed by atoms with Crippen LogP contribution in [0.1, 0.15) is 35.3 Å². The summed E-state index contributed by atoms with van der Waals surface area (Å²) in [5, 5.41) is 8.70. The Bertz CT molecular complexity index is 1100. The zero-order valence-corrected chi connectivity index (χ0v) is 17.7. The molecule has 1 atom stereocenters. The molecule has 0 N–H and O–H groups in total. The van der Waals surface area contributed by atoms with E-state index >= 15 is 0 Å². The summed E-state index contributed by atoms with van der Waals surface area (Å²) in [7, 11) is -0.958. The number of rotatable bonds is 6. The second-order valence-corrected chi connectivity index (χ2v) is 9.93. The highest BCUT2D eigenvalue weighted by Crippen LogP contribution is 2.27. The van der Waals surface area contributed by atoms with Gasteiger partial charge in [0.05, 0.1) is 29.8 Å². The zero-order chi connectivity index (χ0) is 20.6. The summed E-state index contributed by atoms with van der Waals surface area (Å²) in [5.74, 6) is 1.55. The van der Waals surface area contributed by atoms with Crippen LogP contribution in [0, 0.1) is 13.8 Å². The number of nitrogens with zero attached hydrogens (tertiary/aromatic N) is 5. The van der Waals surface area contributed by atoms with Crippen LogP contribution in [0.15, 0.2) is 34.9 Å². The van der Waals surface area contributed by atoms with Crippen LogP contribution >= 0.6 is 0 Å². The fourth-order valence-corrected chi connectivity index (χ4v) is 5.52. The van der Waals surface area contributed by atoms with E-state index in [0.29, 0.717) is 31.2 Å². The Balaban J connectivity index is 1.45. The summed E-state index contributed by atoms with van der Waals surface area (Å²) in [6.45, 7) is 5.16. The maximum Gasteiger partial charge on any atom is 0.241 e. The molecular formula is C20H25N5O3S. The Morgan fingerprint density at radius 3 is 2.66 bits per heavy atom. The topological polar surface area (TPSA) is 94.1 Å². The Hall–Kier alpha value is -2.52. The third-order valence-corrected chi connectivity index (χ3v) is 7.11. The van der Waals surface area contributed by atoms with Crippen molar-refractivity contribution in [1.82, 2.24) is 24.8 Å². The van der Waals surface area contributed by atoms with Crippen molar-refractivity contribution in [2.45, 2.75) is 39.4 Å². The van der Waals surface area contributed by atoms with Gasteiger partial charge in [0.25, 0.3) is 0 Å². The van der Waals surface area contributed by atoms with Gasteiger partial charge in [-0.15, -0.1) is 0 Å². The average Bonchev–Trinajstić information content (AvgIpc) is 3.36. The Morgan fingerprint density at radius 1 is 1.21 bits per heavy atom. The minimum Gasteiger partial charge on any atom is -0.338 e. The molecule has 1 saturated heterocycles. The molecule has 8 nitrogen and oxygen atoms in total. The number of benzene rings is 1. The summed E-state index contributed by atoms with van der Waals surface area (Å²) >= 11 is 0. The highest BCUT2D eigenvalue weighted by atomic mass is 32.2. The molecule has 0 radical (unpaired) electrons. The third kappa shape index (κ3) is 4.25. The smallest absolute Gasteiger partial charge is 0.241 e. The minimum absolute atomic E-state index is 0.0675. The molecule has 1 aliphatic rings. The van der Waals surface area contributed by atoms with Gasteiger partial charge in [0.15, 0.2) is 9.84 Å². The van der Waals surface area contributed by atoms with Crippen LogP contribution in [0.3, 0.4) is 0 Å². The number of hydrogen-bond donors (Lipinski definition) is 0. The standard InChI is InChI=1S/C20H25N5O3S/c1-14-18(15(2)25(22-14)17-9-10-29(26,27)13-17)11-24(3)12-19-21-20(23-28-19)16-7-5-4-6-8-16/h4-8,17H,9-13H2,1-3H3/t17-/m0/s1. The highest BCUT2D eigenvalue weighted by molar-refractivity contribution is 7.91. The van der Waals surface area contributed by atoms with Crippen LogP contribution in [-0.4, -0.2) is 51.8 Å². The molecule has 0 spiro atoms. The maximum atomic E-state index is 11.8. The van der Waals surface area contributed by atoms with Gasteiger partial charge in [-0.2, -0.15) is 10.1 Å². The number of hydrogen-bond acceptors (Lipinski definition) is 7. The molecule has 0 saturated carbocycles. The van der Waals surface area contributed by atoms with Gasteiger partial charge in [0.1, 0.15) is 0 Å². The van der Waals surface area contributed by atoms with E-state index in [1.165, 1.54) is 0 Å².